The maximum absolute atomic E-state index is 12.3. The Morgan fingerprint density at radius 1 is 1.07 bits per heavy atom. The van der Waals surface area contributed by atoms with E-state index in [1.165, 1.54) is 5.56 Å². The van der Waals surface area contributed by atoms with Crippen LogP contribution in [0.15, 0.2) is 36.4 Å². The zero-order chi connectivity index (χ0) is 19.6. The van der Waals surface area contributed by atoms with Gasteiger partial charge in [0.2, 0.25) is 0 Å². The first kappa shape index (κ1) is 18.6. The van der Waals surface area contributed by atoms with Gasteiger partial charge in [-0.1, -0.05) is 29.8 Å². The van der Waals surface area contributed by atoms with Crippen molar-refractivity contribution in [1.82, 2.24) is 14.8 Å². The third kappa shape index (κ3) is 4.16. The molecule has 1 heterocycles. The highest BCUT2D eigenvalue weighted by Gasteiger charge is 2.11. The van der Waals surface area contributed by atoms with Crippen molar-refractivity contribution in [2.24, 2.45) is 7.05 Å². The number of nitrogens with zero attached hydrogens (tertiary/aromatic N) is 3. The highest BCUT2D eigenvalue weighted by Crippen LogP contribution is 2.25. The van der Waals surface area contributed by atoms with E-state index in [-0.39, 0.29) is 12.5 Å². The summed E-state index contributed by atoms with van der Waals surface area (Å²) in [5, 5.41) is 11.1. The van der Waals surface area contributed by atoms with Gasteiger partial charge in [0.15, 0.2) is 12.4 Å². The molecule has 0 unspecified atom stereocenters. The van der Waals surface area contributed by atoms with Crippen molar-refractivity contribution in [3.05, 3.63) is 58.9 Å². The highest BCUT2D eigenvalue weighted by molar-refractivity contribution is 5.92. The minimum absolute atomic E-state index is 0.0436. The number of rotatable bonds is 5. The Kier molecular flexibility index (Phi) is 5.26. The summed E-state index contributed by atoms with van der Waals surface area (Å²) in [7, 11) is 1.91. The Balaban J connectivity index is 1.68. The second kappa shape index (κ2) is 7.61. The zero-order valence-corrected chi connectivity index (χ0v) is 16.3. The van der Waals surface area contributed by atoms with Crippen LogP contribution in [-0.4, -0.2) is 27.3 Å². The predicted octanol–water partition coefficient (Wildman–Crippen LogP) is 3.73. The van der Waals surface area contributed by atoms with Gasteiger partial charge >= 0.3 is 0 Å². The highest BCUT2D eigenvalue weighted by atomic mass is 16.5. The Morgan fingerprint density at radius 2 is 1.78 bits per heavy atom. The number of ether oxygens (including phenoxy) is 1. The van der Waals surface area contributed by atoms with Gasteiger partial charge in [0.1, 0.15) is 11.6 Å². The summed E-state index contributed by atoms with van der Waals surface area (Å²) in [5.74, 6) is 2.14. The molecule has 0 radical (unpaired) electrons. The number of hydrogen-bond donors (Lipinski definition) is 1. The van der Waals surface area contributed by atoms with Crippen molar-refractivity contribution >= 4 is 11.6 Å². The first-order valence-corrected chi connectivity index (χ1v) is 8.82. The van der Waals surface area contributed by atoms with Crippen LogP contribution in [0.1, 0.15) is 22.5 Å². The quantitative estimate of drug-likeness (QED) is 0.749. The molecule has 0 aliphatic rings. The predicted molar refractivity (Wildman–Crippen MR) is 106 cm³/mol. The Morgan fingerprint density at radius 3 is 2.41 bits per heavy atom. The molecule has 0 aliphatic heterocycles. The van der Waals surface area contributed by atoms with E-state index in [0.29, 0.717) is 5.69 Å². The van der Waals surface area contributed by atoms with Crippen molar-refractivity contribution < 1.29 is 9.53 Å². The summed E-state index contributed by atoms with van der Waals surface area (Å²) >= 11 is 0. The molecule has 1 aromatic heterocycles. The molecule has 6 nitrogen and oxygen atoms in total. The number of anilines is 1. The molecule has 0 saturated heterocycles. The SMILES string of the molecule is Cc1cc(C)c(OCC(=O)Nc2cccc(-c3nnc(C)n3C)c2)c(C)c1. The molecule has 0 bridgehead atoms. The van der Waals surface area contributed by atoms with Gasteiger partial charge in [-0.15, -0.1) is 10.2 Å². The molecule has 0 aliphatic carbocycles. The van der Waals surface area contributed by atoms with Crippen molar-refractivity contribution in [1.29, 1.82) is 0 Å². The fourth-order valence-corrected chi connectivity index (χ4v) is 3.12. The smallest absolute Gasteiger partial charge is 0.262 e. The molecular formula is C21H24N4O2. The standard InChI is InChI=1S/C21H24N4O2/c1-13-9-14(2)20(15(3)10-13)27-12-19(26)22-18-8-6-7-17(11-18)21-24-23-16(4)25(21)5/h6-11H,12H2,1-5H3,(H,22,26). The van der Waals surface area contributed by atoms with Gasteiger partial charge in [-0.25, -0.2) is 0 Å². The summed E-state index contributed by atoms with van der Waals surface area (Å²) in [6.45, 7) is 7.87. The van der Waals surface area contributed by atoms with Crippen molar-refractivity contribution in [2.45, 2.75) is 27.7 Å². The first-order valence-electron chi connectivity index (χ1n) is 8.82. The number of carbonyl (C=O) groups is 1. The normalized spacial score (nSPS) is 10.7. The van der Waals surface area contributed by atoms with Gasteiger partial charge in [0, 0.05) is 18.3 Å². The molecule has 0 spiro atoms. The van der Waals surface area contributed by atoms with E-state index < -0.39 is 0 Å². The van der Waals surface area contributed by atoms with E-state index in [4.69, 9.17) is 4.74 Å². The third-order valence-electron chi connectivity index (χ3n) is 4.45. The van der Waals surface area contributed by atoms with E-state index in [1.54, 1.807) is 0 Å². The lowest BCUT2D eigenvalue weighted by Gasteiger charge is -2.13. The monoisotopic (exact) mass is 364 g/mol. The summed E-state index contributed by atoms with van der Waals surface area (Å²) in [4.78, 5) is 12.3. The zero-order valence-electron chi connectivity index (χ0n) is 16.3. The number of hydrogen-bond acceptors (Lipinski definition) is 4. The van der Waals surface area contributed by atoms with Gasteiger partial charge in [0.25, 0.3) is 5.91 Å². The molecule has 0 saturated carbocycles. The number of carbonyl (C=O) groups excluding carboxylic acids is 1. The molecule has 1 amide bonds. The molecule has 27 heavy (non-hydrogen) atoms. The average Bonchev–Trinajstić information content (AvgIpc) is 2.93. The van der Waals surface area contributed by atoms with Crippen molar-refractivity contribution in [2.75, 3.05) is 11.9 Å². The van der Waals surface area contributed by atoms with Crippen LogP contribution in [0.5, 0.6) is 5.75 Å². The second-order valence-electron chi connectivity index (χ2n) is 6.78. The van der Waals surface area contributed by atoms with Crippen LogP contribution in [0.25, 0.3) is 11.4 Å². The molecule has 3 rings (SSSR count). The van der Waals surface area contributed by atoms with E-state index >= 15 is 0 Å². The van der Waals surface area contributed by atoms with E-state index in [2.05, 4.69) is 15.5 Å². The Labute approximate surface area is 159 Å². The van der Waals surface area contributed by atoms with Crippen LogP contribution >= 0.6 is 0 Å². The van der Waals surface area contributed by atoms with Gasteiger partial charge in [0.05, 0.1) is 0 Å². The maximum Gasteiger partial charge on any atom is 0.262 e. The largest absolute Gasteiger partial charge is 0.483 e. The second-order valence-corrected chi connectivity index (χ2v) is 6.78. The van der Waals surface area contributed by atoms with Gasteiger partial charge in [-0.3, -0.25) is 4.79 Å². The molecule has 140 valence electrons. The fraction of sp³-hybridized carbons (Fsp3) is 0.286. The number of aromatic nitrogens is 3. The summed E-state index contributed by atoms with van der Waals surface area (Å²) in [6.07, 6.45) is 0. The lowest BCUT2D eigenvalue weighted by atomic mass is 10.1. The van der Waals surface area contributed by atoms with Gasteiger partial charge in [-0.05, 0) is 51.0 Å². The van der Waals surface area contributed by atoms with Gasteiger partial charge < -0.3 is 14.6 Å². The third-order valence-corrected chi connectivity index (χ3v) is 4.45. The van der Waals surface area contributed by atoms with Crippen LogP contribution in [0.3, 0.4) is 0 Å². The topological polar surface area (TPSA) is 69.0 Å². The molecule has 0 atom stereocenters. The average molecular weight is 364 g/mol. The van der Waals surface area contributed by atoms with E-state index in [1.807, 2.05) is 75.7 Å². The van der Waals surface area contributed by atoms with Crippen LogP contribution < -0.4 is 10.1 Å². The summed E-state index contributed by atoms with van der Waals surface area (Å²) in [6, 6.07) is 11.6. The van der Waals surface area contributed by atoms with Crippen LogP contribution in [0.4, 0.5) is 5.69 Å². The van der Waals surface area contributed by atoms with E-state index in [0.717, 1.165) is 34.1 Å². The number of amides is 1. The van der Waals surface area contributed by atoms with Crippen LogP contribution in [0, 0.1) is 27.7 Å². The molecule has 3 aromatic rings. The Hall–Kier alpha value is -3.15. The summed E-state index contributed by atoms with van der Waals surface area (Å²) in [5.41, 5.74) is 4.82. The molecule has 6 heteroatoms. The van der Waals surface area contributed by atoms with Crippen molar-refractivity contribution in [3.63, 3.8) is 0 Å². The number of aryl methyl sites for hydroxylation is 4. The molecular weight excluding hydrogens is 340 g/mol. The summed E-state index contributed by atoms with van der Waals surface area (Å²) < 4.78 is 7.67. The minimum Gasteiger partial charge on any atom is -0.483 e. The lowest BCUT2D eigenvalue weighted by molar-refractivity contribution is -0.118. The first-order chi connectivity index (χ1) is 12.8. The van der Waals surface area contributed by atoms with Crippen LogP contribution in [-0.2, 0) is 11.8 Å². The fourth-order valence-electron chi connectivity index (χ4n) is 3.12. The number of benzene rings is 2. The van der Waals surface area contributed by atoms with Crippen molar-refractivity contribution in [3.8, 4) is 17.1 Å². The number of nitrogens with one attached hydrogen (secondary N) is 1. The maximum atomic E-state index is 12.3. The Bertz CT molecular complexity index is 969. The molecule has 1 N–H and O–H groups in total. The molecule has 0 fully saturated rings. The molecule has 2 aromatic carbocycles. The van der Waals surface area contributed by atoms with Crippen LogP contribution in [0.2, 0.25) is 0 Å². The van der Waals surface area contributed by atoms with E-state index in [9.17, 15) is 4.79 Å². The minimum atomic E-state index is -0.208. The van der Waals surface area contributed by atoms with Gasteiger partial charge in [-0.2, -0.15) is 0 Å². The lowest BCUT2D eigenvalue weighted by Crippen LogP contribution is -2.20.